The van der Waals surface area contributed by atoms with Gasteiger partial charge in [0.15, 0.2) is 0 Å². The van der Waals surface area contributed by atoms with Crippen molar-refractivity contribution >= 4 is 16.7 Å². The van der Waals surface area contributed by atoms with E-state index in [1.54, 1.807) is 0 Å². The molecule has 7 heteroatoms. The highest BCUT2D eigenvalue weighted by atomic mass is 16.1. The van der Waals surface area contributed by atoms with E-state index in [1.807, 2.05) is 12.1 Å². The van der Waals surface area contributed by atoms with E-state index in [4.69, 9.17) is 15.8 Å². The van der Waals surface area contributed by atoms with E-state index in [1.165, 1.54) is 15.6 Å². The van der Waals surface area contributed by atoms with E-state index in [0.717, 1.165) is 106 Å². The number of piperazine rings is 1. The molecule has 2 aromatic heterocycles. The smallest absolute Gasteiger partial charge is 0.275 e. The summed E-state index contributed by atoms with van der Waals surface area (Å²) in [6.45, 7) is 5.12. The Morgan fingerprint density at radius 2 is 1.67 bits per heavy atom. The van der Waals surface area contributed by atoms with Crippen molar-refractivity contribution in [2.75, 3.05) is 43.5 Å². The second-order valence-corrected chi connectivity index (χ2v) is 11.1. The number of pyridine rings is 1. The highest BCUT2D eigenvalue weighted by molar-refractivity contribution is 5.80. The Balaban J connectivity index is 0.980. The van der Waals surface area contributed by atoms with E-state index in [2.05, 4.69) is 64.4 Å². The van der Waals surface area contributed by atoms with Crippen LogP contribution < -0.4 is 16.3 Å². The summed E-state index contributed by atoms with van der Waals surface area (Å²) in [5, 5.41) is 1.18. The number of unbranched alkanes of at least 4 members (excludes halogenated alkanes) is 1. The van der Waals surface area contributed by atoms with Crippen molar-refractivity contribution in [3.63, 3.8) is 0 Å². The molecule has 1 atom stereocenters. The lowest BCUT2D eigenvalue weighted by Crippen LogP contribution is -2.46. The van der Waals surface area contributed by atoms with Gasteiger partial charge in [0.2, 0.25) is 0 Å². The molecule has 3 heterocycles. The normalized spacial score (nSPS) is 17.8. The van der Waals surface area contributed by atoms with Crippen LogP contribution in [0.2, 0.25) is 0 Å². The molecule has 2 aromatic carbocycles. The fourth-order valence-corrected chi connectivity index (χ4v) is 6.16. The fraction of sp³-hybridized carbons (Fsp3) is 0.406. The highest BCUT2D eigenvalue weighted by Crippen LogP contribution is 2.25. The van der Waals surface area contributed by atoms with E-state index in [9.17, 15) is 4.79 Å². The van der Waals surface area contributed by atoms with Crippen LogP contribution in [0, 0.1) is 5.92 Å². The van der Waals surface area contributed by atoms with Crippen molar-refractivity contribution in [1.82, 2.24) is 19.5 Å². The lowest BCUT2D eigenvalue weighted by Gasteiger charge is -2.35. The number of nitrogen functional groups attached to an aromatic ring is 1. The molecule has 2 aliphatic rings. The summed E-state index contributed by atoms with van der Waals surface area (Å²) in [5.74, 6) is 8.52. The molecule has 1 fully saturated rings. The first-order valence-corrected chi connectivity index (χ1v) is 14.4. The van der Waals surface area contributed by atoms with E-state index >= 15 is 0 Å². The van der Waals surface area contributed by atoms with Crippen LogP contribution in [0.1, 0.15) is 41.9 Å². The van der Waals surface area contributed by atoms with Crippen LogP contribution in [0.4, 0.5) is 5.82 Å². The number of nitrogens with two attached hydrogens (primary N) is 1. The van der Waals surface area contributed by atoms with Crippen molar-refractivity contribution in [3.05, 3.63) is 99.7 Å². The maximum Gasteiger partial charge on any atom is 0.275 e. The topological polar surface area (TPSA) is 80.3 Å². The largest absolute Gasteiger partial charge is 0.354 e. The molecule has 202 valence electrons. The first-order chi connectivity index (χ1) is 19.1. The Labute approximate surface area is 230 Å². The standard InChI is InChI=1S/C32H38N6O/c33-38-31(35-29-15-13-25(23-27(29)32(38)39)22-24-8-2-1-3-9-24)12-6-7-17-36-18-20-37(21-19-36)30-16-14-26-10-4-5-11-28(26)34-30/h1-5,8-11,14,16,25H,6-7,12-13,15,17-23,33H2. The molecule has 2 N–H and O–H groups in total. The van der Waals surface area contributed by atoms with Gasteiger partial charge in [0.25, 0.3) is 5.56 Å². The van der Waals surface area contributed by atoms with Gasteiger partial charge < -0.3 is 10.7 Å². The number of nitrogens with zero attached hydrogens (tertiary/aromatic N) is 5. The molecule has 6 rings (SSSR count). The zero-order valence-electron chi connectivity index (χ0n) is 22.6. The average molecular weight is 523 g/mol. The second kappa shape index (κ2) is 11.6. The third-order valence-corrected chi connectivity index (χ3v) is 8.42. The van der Waals surface area contributed by atoms with Gasteiger partial charge in [-0.1, -0.05) is 48.5 Å². The predicted octanol–water partition coefficient (Wildman–Crippen LogP) is 4.00. The van der Waals surface area contributed by atoms with Crippen LogP contribution in [0.5, 0.6) is 0 Å². The quantitative estimate of drug-likeness (QED) is 0.278. The Morgan fingerprint density at radius 1 is 0.872 bits per heavy atom. The van der Waals surface area contributed by atoms with E-state index in [-0.39, 0.29) is 5.56 Å². The number of hydrogen-bond donors (Lipinski definition) is 1. The molecule has 1 unspecified atom stereocenters. The number of para-hydroxylation sites is 1. The van der Waals surface area contributed by atoms with Crippen LogP contribution >= 0.6 is 0 Å². The molecular formula is C32H38N6O. The van der Waals surface area contributed by atoms with Gasteiger partial charge in [0, 0.05) is 43.5 Å². The third-order valence-electron chi connectivity index (χ3n) is 8.42. The van der Waals surface area contributed by atoms with Crippen LogP contribution in [-0.4, -0.2) is 52.3 Å². The lowest BCUT2D eigenvalue weighted by molar-refractivity contribution is 0.252. The molecule has 1 saturated heterocycles. The van der Waals surface area contributed by atoms with Gasteiger partial charge in [0.1, 0.15) is 11.6 Å². The van der Waals surface area contributed by atoms with Gasteiger partial charge in [0.05, 0.1) is 11.2 Å². The number of benzene rings is 2. The number of aryl methyl sites for hydroxylation is 2. The second-order valence-electron chi connectivity index (χ2n) is 11.1. The zero-order valence-corrected chi connectivity index (χ0v) is 22.6. The van der Waals surface area contributed by atoms with Crippen molar-refractivity contribution in [2.45, 2.75) is 44.9 Å². The molecule has 0 radical (unpaired) electrons. The van der Waals surface area contributed by atoms with Gasteiger partial charge in [-0.15, -0.1) is 0 Å². The molecule has 39 heavy (non-hydrogen) atoms. The molecule has 0 saturated carbocycles. The third kappa shape index (κ3) is 5.83. The fourth-order valence-electron chi connectivity index (χ4n) is 6.16. The van der Waals surface area contributed by atoms with Crippen LogP contribution in [0.25, 0.3) is 10.9 Å². The molecule has 1 aliphatic heterocycles. The highest BCUT2D eigenvalue weighted by Gasteiger charge is 2.25. The summed E-state index contributed by atoms with van der Waals surface area (Å²) in [4.78, 5) is 27.8. The monoisotopic (exact) mass is 522 g/mol. The maximum atomic E-state index is 13.1. The van der Waals surface area contributed by atoms with Crippen molar-refractivity contribution in [1.29, 1.82) is 0 Å². The van der Waals surface area contributed by atoms with E-state index in [0.29, 0.717) is 5.92 Å². The van der Waals surface area contributed by atoms with Crippen molar-refractivity contribution in [3.8, 4) is 0 Å². The maximum absolute atomic E-state index is 13.1. The Bertz CT molecular complexity index is 1480. The SMILES string of the molecule is Nn1c(CCCCN2CCN(c3ccc4ccccc4n3)CC2)nc2c(c1=O)CC(Cc1ccccc1)CC2. The minimum atomic E-state index is -0.0498. The first kappa shape index (κ1) is 25.6. The molecular weight excluding hydrogens is 484 g/mol. The molecule has 4 aromatic rings. The van der Waals surface area contributed by atoms with Crippen LogP contribution in [0.3, 0.4) is 0 Å². The summed E-state index contributed by atoms with van der Waals surface area (Å²) in [6.07, 6.45) is 6.50. The average Bonchev–Trinajstić information content (AvgIpc) is 2.98. The number of rotatable bonds is 8. The van der Waals surface area contributed by atoms with Crippen molar-refractivity contribution < 1.29 is 0 Å². The number of aromatic nitrogens is 3. The summed E-state index contributed by atoms with van der Waals surface area (Å²) in [5.41, 5.74) is 4.13. The molecule has 0 bridgehead atoms. The molecule has 0 spiro atoms. The van der Waals surface area contributed by atoms with Crippen LogP contribution in [0.15, 0.2) is 71.5 Å². The predicted molar refractivity (Wildman–Crippen MR) is 158 cm³/mol. The number of hydrogen-bond acceptors (Lipinski definition) is 6. The first-order valence-electron chi connectivity index (χ1n) is 14.4. The summed E-state index contributed by atoms with van der Waals surface area (Å²) < 4.78 is 1.32. The van der Waals surface area contributed by atoms with Crippen molar-refractivity contribution in [2.24, 2.45) is 5.92 Å². The van der Waals surface area contributed by atoms with Gasteiger partial charge in [-0.25, -0.2) is 14.6 Å². The van der Waals surface area contributed by atoms with Gasteiger partial charge in [-0.05, 0) is 74.8 Å². The van der Waals surface area contributed by atoms with Gasteiger partial charge >= 0.3 is 0 Å². The Morgan fingerprint density at radius 3 is 2.51 bits per heavy atom. The molecule has 7 nitrogen and oxygen atoms in total. The summed E-state index contributed by atoms with van der Waals surface area (Å²) >= 11 is 0. The minimum absolute atomic E-state index is 0.0498. The van der Waals surface area contributed by atoms with Gasteiger partial charge in [-0.3, -0.25) is 9.69 Å². The lowest BCUT2D eigenvalue weighted by atomic mass is 9.83. The number of fused-ring (bicyclic) bond motifs is 2. The van der Waals surface area contributed by atoms with Gasteiger partial charge in [-0.2, -0.15) is 0 Å². The Kier molecular flexibility index (Phi) is 7.59. The number of anilines is 1. The molecule has 0 amide bonds. The molecule has 1 aliphatic carbocycles. The summed E-state index contributed by atoms with van der Waals surface area (Å²) in [7, 11) is 0. The van der Waals surface area contributed by atoms with E-state index < -0.39 is 0 Å². The zero-order chi connectivity index (χ0) is 26.6. The summed E-state index contributed by atoms with van der Waals surface area (Å²) in [6, 6.07) is 23.1. The Hall–Kier alpha value is -3.71. The minimum Gasteiger partial charge on any atom is -0.354 e. The van der Waals surface area contributed by atoms with Crippen LogP contribution in [-0.2, 0) is 25.7 Å².